The van der Waals surface area contributed by atoms with E-state index in [1.807, 2.05) is 55.5 Å². The number of para-hydroxylation sites is 1. The molecule has 3 aromatic rings. The van der Waals surface area contributed by atoms with E-state index in [1.165, 1.54) is 0 Å². The van der Waals surface area contributed by atoms with Crippen molar-refractivity contribution >= 4 is 28.9 Å². The van der Waals surface area contributed by atoms with Crippen molar-refractivity contribution in [3.8, 4) is 17.1 Å². The molecule has 1 heterocycles. The van der Waals surface area contributed by atoms with E-state index in [-0.39, 0.29) is 0 Å². The van der Waals surface area contributed by atoms with Crippen LogP contribution < -0.4 is 15.8 Å². The molecule has 3 N–H and O–H groups in total. The number of aromatic nitrogens is 2. The standard InChI is InChI=1S/C18H17ClN4O/c1-2-24-13-9-7-12(8-10-13)18-22-16(20)11-17(23-18)21-15-6-4-3-5-14(15)19/h3-11H,2H2,1H3,(H3,20,21,22,23). The molecule has 0 aliphatic rings. The summed E-state index contributed by atoms with van der Waals surface area (Å²) in [6, 6.07) is 16.7. The Bertz CT molecular complexity index is 837. The molecule has 0 spiro atoms. The smallest absolute Gasteiger partial charge is 0.163 e. The number of hydrogen-bond acceptors (Lipinski definition) is 5. The molecule has 24 heavy (non-hydrogen) atoms. The van der Waals surface area contributed by atoms with Gasteiger partial charge in [-0.05, 0) is 43.3 Å². The van der Waals surface area contributed by atoms with Crippen LogP contribution in [0.4, 0.5) is 17.3 Å². The molecule has 3 rings (SSSR count). The molecule has 0 fully saturated rings. The zero-order valence-corrected chi connectivity index (χ0v) is 13.9. The highest BCUT2D eigenvalue weighted by molar-refractivity contribution is 6.33. The molecule has 0 bridgehead atoms. The van der Waals surface area contributed by atoms with Crippen LogP contribution in [-0.2, 0) is 0 Å². The second kappa shape index (κ2) is 7.19. The highest BCUT2D eigenvalue weighted by Gasteiger charge is 2.07. The maximum atomic E-state index is 6.17. The molecule has 0 aliphatic heterocycles. The van der Waals surface area contributed by atoms with Crippen molar-refractivity contribution in [3.63, 3.8) is 0 Å². The van der Waals surface area contributed by atoms with Gasteiger partial charge >= 0.3 is 0 Å². The summed E-state index contributed by atoms with van der Waals surface area (Å²) in [5, 5.41) is 3.78. The molecule has 6 heteroatoms. The number of anilines is 3. The first kappa shape index (κ1) is 16.1. The van der Waals surface area contributed by atoms with Crippen molar-refractivity contribution in [2.45, 2.75) is 6.92 Å². The molecule has 0 radical (unpaired) electrons. The van der Waals surface area contributed by atoms with Crippen LogP contribution in [0.2, 0.25) is 5.02 Å². The minimum absolute atomic E-state index is 0.378. The van der Waals surface area contributed by atoms with E-state index in [0.29, 0.717) is 29.1 Å². The number of nitrogens with one attached hydrogen (secondary N) is 1. The molecular formula is C18H17ClN4O. The Kier molecular flexibility index (Phi) is 4.82. The second-order valence-corrected chi connectivity index (χ2v) is 5.47. The fourth-order valence-electron chi connectivity index (χ4n) is 2.23. The van der Waals surface area contributed by atoms with Crippen molar-refractivity contribution < 1.29 is 4.74 Å². The fourth-order valence-corrected chi connectivity index (χ4v) is 2.41. The van der Waals surface area contributed by atoms with E-state index in [4.69, 9.17) is 22.1 Å². The average Bonchev–Trinajstić information content (AvgIpc) is 2.57. The zero-order valence-electron chi connectivity index (χ0n) is 13.2. The highest BCUT2D eigenvalue weighted by Crippen LogP contribution is 2.26. The number of hydrogen-bond donors (Lipinski definition) is 2. The predicted octanol–water partition coefficient (Wildman–Crippen LogP) is 4.52. The first-order valence-corrected chi connectivity index (χ1v) is 7.93. The Hall–Kier alpha value is -2.79. The normalized spacial score (nSPS) is 10.4. The van der Waals surface area contributed by atoms with Crippen molar-refractivity contribution in [2.75, 3.05) is 17.7 Å². The summed E-state index contributed by atoms with van der Waals surface area (Å²) in [5.41, 5.74) is 7.53. The van der Waals surface area contributed by atoms with Crippen LogP contribution >= 0.6 is 11.6 Å². The van der Waals surface area contributed by atoms with Gasteiger partial charge in [-0.25, -0.2) is 9.97 Å². The summed E-state index contributed by atoms with van der Waals surface area (Å²) < 4.78 is 5.44. The summed E-state index contributed by atoms with van der Waals surface area (Å²) in [6.07, 6.45) is 0. The molecular weight excluding hydrogens is 324 g/mol. The lowest BCUT2D eigenvalue weighted by atomic mass is 10.2. The van der Waals surface area contributed by atoms with Crippen LogP contribution in [0.1, 0.15) is 6.92 Å². The van der Waals surface area contributed by atoms with Crippen LogP contribution in [0.25, 0.3) is 11.4 Å². The van der Waals surface area contributed by atoms with Crippen LogP contribution in [0.3, 0.4) is 0 Å². The third-order valence-electron chi connectivity index (χ3n) is 3.31. The van der Waals surface area contributed by atoms with Gasteiger partial charge in [0.15, 0.2) is 5.82 Å². The average molecular weight is 341 g/mol. The van der Waals surface area contributed by atoms with Gasteiger partial charge in [-0.2, -0.15) is 0 Å². The third kappa shape index (κ3) is 3.75. The summed E-state index contributed by atoms with van der Waals surface area (Å²) in [6.45, 7) is 2.57. The van der Waals surface area contributed by atoms with E-state index in [2.05, 4.69) is 15.3 Å². The van der Waals surface area contributed by atoms with Gasteiger partial charge in [-0.1, -0.05) is 23.7 Å². The van der Waals surface area contributed by atoms with Gasteiger partial charge in [0.2, 0.25) is 0 Å². The lowest BCUT2D eigenvalue weighted by Crippen LogP contribution is -2.01. The highest BCUT2D eigenvalue weighted by atomic mass is 35.5. The molecule has 5 nitrogen and oxygen atoms in total. The summed E-state index contributed by atoms with van der Waals surface area (Å²) >= 11 is 6.17. The SMILES string of the molecule is CCOc1ccc(-c2nc(N)cc(Nc3ccccc3Cl)n2)cc1. The molecule has 0 unspecified atom stereocenters. The summed E-state index contributed by atoms with van der Waals surface area (Å²) in [4.78, 5) is 8.81. The molecule has 1 aromatic heterocycles. The molecule has 2 aromatic carbocycles. The van der Waals surface area contributed by atoms with Crippen LogP contribution in [-0.4, -0.2) is 16.6 Å². The minimum Gasteiger partial charge on any atom is -0.494 e. The minimum atomic E-state index is 0.378. The number of nitrogens with two attached hydrogens (primary N) is 1. The maximum absolute atomic E-state index is 6.17. The van der Waals surface area contributed by atoms with E-state index in [0.717, 1.165) is 17.0 Å². The van der Waals surface area contributed by atoms with E-state index >= 15 is 0 Å². The number of nitrogen functional groups attached to an aromatic ring is 1. The van der Waals surface area contributed by atoms with Gasteiger partial charge in [0.1, 0.15) is 17.4 Å². The number of ether oxygens (including phenoxy) is 1. The van der Waals surface area contributed by atoms with Crippen LogP contribution in [0.5, 0.6) is 5.75 Å². The Morgan fingerprint density at radius 1 is 1.08 bits per heavy atom. The molecule has 122 valence electrons. The van der Waals surface area contributed by atoms with Gasteiger partial charge in [0.05, 0.1) is 17.3 Å². The number of rotatable bonds is 5. The monoisotopic (exact) mass is 340 g/mol. The van der Waals surface area contributed by atoms with Gasteiger partial charge in [-0.15, -0.1) is 0 Å². The van der Waals surface area contributed by atoms with Gasteiger partial charge in [0, 0.05) is 11.6 Å². The van der Waals surface area contributed by atoms with Crippen molar-refractivity contribution in [2.24, 2.45) is 0 Å². The molecule has 0 atom stereocenters. The Labute approximate surface area is 145 Å². The first-order chi connectivity index (χ1) is 11.7. The first-order valence-electron chi connectivity index (χ1n) is 7.55. The molecule has 0 amide bonds. The van der Waals surface area contributed by atoms with Crippen molar-refractivity contribution in [3.05, 3.63) is 59.6 Å². The Balaban J connectivity index is 1.90. The second-order valence-electron chi connectivity index (χ2n) is 5.06. The zero-order chi connectivity index (χ0) is 16.9. The van der Waals surface area contributed by atoms with E-state index in [1.54, 1.807) is 6.07 Å². The van der Waals surface area contributed by atoms with E-state index < -0.39 is 0 Å². The summed E-state index contributed by atoms with van der Waals surface area (Å²) in [7, 11) is 0. The van der Waals surface area contributed by atoms with Crippen LogP contribution in [0.15, 0.2) is 54.6 Å². The number of nitrogens with zero attached hydrogens (tertiary/aromatic N) is 2. The predicted molar refractivity (Wildman–Crippen MR) is 97.8 cm³/mol. The van der Waals surface area contributed by atoms with Gasteiger partial charge in [-0.3, -0.25) is 0 Å². The molecule has 0 saturated carbocycles. The molecule has 0 aliphatic carbocycles. The van der Waals surface area contributed by atoms with Gasteiger partial charge in [0.25, 0.3) is 0 Å². The van der Waals surface area contributed by atoms with Crippen LogP contribution in [0, 0.1) is 0 Å². The van der Waals surface area contributed by atoms with Crippen molar-refractivity contribution in [1.29, 1.82) is 0 Å². The Morgan fingerprint density at radius 2 is 1.83 bits per heavy atom. The molecule has 0 saturated heterocycles. The number of benzene rings is 2. The van der Waals surface area contributed by atoms with Crippen molar-refractivity contribution in [1.82, 2.24) is 9.97 Å². The van der Waals surface area contributed by atoms with E-state index in [9.17, 15) is 0 Å². The lowest BCUT2D eigenvalue weighted by Gasteiger charge is -2.10. The lowest BCUT2D eigenvalue weighted by molar-refractivity contribution is 0.340. The third-order valence-corrected chi connectivity index (χ3v) is 3.64. The summed E-state index contributed by atoms with van der Waals surface area (Å²) in [5.74, 6) is 2.30. The topological polar surface area (TPSA) is 73.1 Å². The largest absolute Gasteiger partial charge is 0.494 e. The number of halogens is 1. The van der Waals surface area contributed by atoms with Gasteiger partial charge < -0.3 is 15.8 Å². The maximum Gasteiger partial charge on any atom is 0.163 e. The quantitative estimate of drug-likeness (QED) is 0.714. The Morgan fingerprint density at radius 3 is 2.54 bits per heavy atom. The fraction of sp³-hybridized carbons (Fsp3) is 0.111.